The van der Waals surface area contributed by atoms with Crippen LogP contribution in [0.2, 0.25) is 0 Å². The summed E-state index contributed by atoms with van der Waals surface area (Å²) >= 11 is 2.21. The first-order valence-corrected chi connectivity index (χ1v) is 10.5. The van der Waals surface area contributed by atoms with E-state index in [0.717, 1.165) is 33.1 Å². The van der Waals surface area contributed by atoms with Crippen molar-refractivity contribution in [2.24, 2.45) is 0 Å². The van der Waals surface area contributed by atoms with Crippen LogP contribution in [0.1, 0.15) is 35.2 Å². The van der Waals surface area contributed by atoms with Gasteiger partial charge in [-0.15, -0.1) is 0 Å². The summed E-state index contributed by atoms with van der Waals surface area (Å²) in [6, 6.07) is 14.2. The monoisotopic (exact) mass is 473 g/mol. The van der Waals surface area contributed by atoms with E-state index in [2.05, 4.69) is 45.2 Å². The molecule has 0 radical (unpaired) electrons. The van der Waals surface area contributed by atoms with E-state index in [1.807, 2.05) is 36.5 Å². The van der Waals surface area contributed by atoms with Gasteiger partial charge in [0.1, 0.15) is 0 Å². The van der Waals surface area contributed by atoms with Gasteiger partial charge < -0.3 is 15.2 Å². The van der Waals surface area contributed by atoms with Crippen molar-refractivity contribution in [3.8, 4) is 0 Å². The second-order valence-electron chi connectivity index (χ2n) is 7.41. The van der Waals surface area contributed by atoms with Crippen LogP contribution < -0.4 is 5.73 Å². The zero-order valence-electron chi connectivity index (χ0n) is 15.5. The molecule has 1 fully saturated rings. The van der Waals surface area contributed by atoms with Crippen molar-refractivity contribution in [3.63, 3.8) is 0 Å². The fourth-order valence-electron chi connectivity index (χ4n) is 4.04. The molecule has 0 saturated carbocycles. The van der Waals surface area contributed by atoms with Gasteiger partial charge in [-0.05, 0) is 73.3 Å². The smallest absolute Gasteiger partial charge is 0.196 e. The number of nitrogen functional groups attached to an aromatic ring is 1. The summed E-state index contributed by atoms with van der Waals surface area (Å²) in [6.07, 6.45) is 5.80. The van der Waals surface area contributed by atoms with Crippen LogP contribution in [-0.2, 0) is 6.54 Å². The van der Waals surface area contributed by atoms with E-state index in [-0.39, 0.29) is 5.78 Å². The lowest BCUT2D eigenvalue weighted by molar-refractivity contribution is 0.103. The number of piperidine rings is 1. The Morgan fingerprint density at radius 1 is 1.19 bits per heavy atom. The predicted molar refractivity (Wildman–Crippen MR) is 119 cm³/mol. The summed E-state index contributed by atoms with van der Waals surface area (Å²) in [7, 11) is 2.21. The standard InChI is InChI=1S/C22H24IN3O/c1-25-11-5-4-6-16(25)13-26-14-19(17-7-2-3-8-21(17)26)22(27)18-12-15(24)9-10-20(18)23/h2-3,7-10,12,14,16H,4-6,11,13,24H2,1H3. The highest BCUT2D eigenvalue weighted by atomic mass is 127. The lowest BCUT2D eigenvalue weighted by atomic mass is 10.0. The summed E-state index contributed by atoms with van der Waals surface area (Å²) in [5, 5.41) is 1.01. The van der Waals surface area contributed by atoms with Crippen LogP contribution in [0.15, 0.2) is 48.7 Å². The molecule has 2 aromatic carbocycles. The number of ketones is 1. The lowest BCUT2D eigenvalue weighted by Gasteiger charge is -2.32. The number of nitrogens with two attached hydrogens (primary N) is 1. The maximum Gasteiger partial charge on any atom is 0.196 e. The van der Waals surface area contributed by atoms with E-state index in [9.17, 15) is 4.79 Å². The van der Waals surface area contributed by atoms with Gasteiger partial charge in [0.2, 0.25) is 0 Å². The third-order valence-electron chi connectivity index (χ3n) is 5.60. The van der Waals surface area contributed by atoms with Gasteiger partial charge in [-0.2, -0.15) is 0 Å². The number of carbonyl (C=O) groups is 1. The molecule has 4 nitrogen and oxygen atoms in total. The Morgan fingerprint density at radius 2 is 2.00 bits per heavy atom. The zero-order valence-corrected chi connectivity index (χ0v) is 17.6. The summed E-state index contributed by atoms with van der Waals surface area (Å²) in [6.45, 7) is 2.06. The molecule has 4 rings (SSSR count). The third-order valence-corrected chi connectivity index (χ3v) is 6.54. The molecule has 1 atom stereocenters. The molecule has 5 heteroatoms. The Bertz CT molecular complexity index is 994. The van der Waals surface area contributed by atoms with Crippen LogP contribution in [-0.4, -0.2) is 34.9 Å². The average molecular weight is 473 g/mol. The van der Waals surface area contributed by atoms with Crippen molar-refractivity contribution in [2.45, 2.75) is 31.8 Å². The maximum absolute atomic E-state index is 13.3. The third kappa shape index (κ3) is 3.62. The van der Waals surface area contributed by atoms with Crippen LogP contribution in [0, 0.1) is 3.57 Å². The second-order valence-corrected chi connectivity index (χ2v) is 8.57. The van der Waals surface area contributed by atoms with Crippen LogP contribution in [0.25, 0.3) is 10.9 Å². The molecule has 140 valence electrons. The largest absolute Gasteiger partial charge is 0.399 e. The average Bonchev–Trinajstić information content (AvgIpc) is 3.04. The molecule has 2 N–H and O–H groups in total. The number of aromatic nitrogens is 1. The van der Waals surface area contributed by atoms with Gasteiger partial charge in [0.05, 0.1) is 0 Å². The van der Waals surface area contributed by atoms with Crippen molar-refractivity contribution in [1.29, 1.82) is 0 Å². The van der Waals surface area contributed by atoms with Gasteiger partial charge in [0, 0.05) is 50.1 Å². The number of likely N-dealkylation sites (tertiary alicyclic amines) is 1. The quantitative estimate of drug-likeness (QED) is 0.344. The predicted octanol–water partition coefficient (Wildman–Crippen LogP) is 4.54. The van der Waals surface area contributed by atoms with Gasteiger partial charge in [0.25, 0.3) is 0 Å². The van der Waals surface area contributed by atoms with Crippen LogP contribution in [0.5, 0.6) is 0 Å². The number of halogens is 1. The number of carbonyl (C=O) groups excluding carboxylic acids is 1. The first kappa shape index (κ1) is 18.5. The highest BCUT2D eigenvalue weighted by Gasteiger charge is 2.23. The first-order valence-electron chi connectivity index (χ1n) is 9.42. The molecule has 0 spiro atoms. The molecular weight excluding hydrogens is 449 g/mol. The van der Waals surface area contributed by atoms with E-state index in [1.165, 1.54) is 19.3 Å². The lowest BCUT2D eigenvalue weighted by Crippen LogP contribution is -2.39. The number of hydrogen-bond acceptors (Lipinski definition) is 3. The SMILES string of the molecule is CN1CCCCC1Cn1cc(C(=O)c2cc(N)ccc2I)c2ccccc21. The van der Waals surface area contributed by atoms with Crippen molar-refractivity contribution in [1.82, 2.24) is 9.47 Å². The van der Waals surface area contributed by atoms with Crippen molar-refractivity contribution in [2.75, 3.05) is 19.3 Å². The number of benzene rings is 2. The summed E-state index contributed by atoms with van der Waals surface area (Å²) in [5.74, 6) is 0.0404. The highest BCUT2D eigenvalue weighted by molar-refractivity contribution is 14.1. The molecule has 3 aromatic rings. The maximum atomic E-state index is 13.3. The fraction of sp³-hybridized carbons (Fsp3) is 0.318. The number of anilines is 1. The molecule has 0 aliphatic carbocycles. The molecule has 27 heavy (non-hydrogen) atoms. The van der Waals surface area contributed by atoms with Gasteiger partial charge in [-0.25, -0.2) is 0 Å². The molecule has 0 amide bonds. The number of likely N-dealkylation sites (N-methyl/N-ethyl adjacent to an activating group) is 1. The van der Waals surface area contributed by atoms with E-state index >= 15 is 0 Å². The normalized spacial score (nSPS) is 18.1. The van der Waals surface area contributed by atoms with Crippen molar-refractivity contribution < 1.29 is 4.79 Å². The van der Waals surface area contributed by atoms with E-state index in [1.54, 1.807) is 6.07 Å². The van der Waals surface area contributed by atoms with Gasteiger partial charge in [0.15, 0.2) is 5.78 Å². The fourth-order valence-corrected chi connectivity index (χ4v) is 4.62. The van der Waals surface area contributed by atoms with Gasteiger partial charge in [-0.1, -0.05) is 24.6 Å². The molecule has 0 bridgehead atoms. The van der Waals surface area contributed by atoms with E-state index < -0.39 is 0 Å². The minimum Gasteiger partial charge on any atom is -0.399 e. The van der Waals surface area contributed by atoms with Crippen LogP contribution >= 0.6 is 22.6 Å². The second kappa shape index (κ2) is 7.64. The first-order chi connectivity index (χ1) is 13.0. The number of para-hydroxylation sites is 1. The van der Waals surface area contributed by atoms with E-state index in [4.69, 9.17) is 5.73 Å². The number of hydrogen-bond donors (Lipinski definition) is 1. The summed E-state index contributed by atoms with van der Waals surface area (Å²) in [5.41, 5.74) is 9.11. The van der Waals surface area contributed by atoms with Gasteiger partial charge >= 0.3 is 0 Å². The van der Waals surface area contributed by atoms with Gasteiger partial charge in [-0.3, -0.25) is 4.79 Å². The Morgan fingerprint density at radius 3 is 2.81 bits per heavy atom. The molecule has 1 saturated heterocycles. The van der Waals surface area contributed by atoms with Crippen molar-refractivity contribution in [3.05, 3.63) is 63.4 Å². The molecule has 1 aliphatic heterocycles. The Balaban J connectivity index is 1.75. The zero-order chi connectivity index (χ0) is 19.0. The minimum atomic E-state index is 0.0404. The molecule has 1 unspecified atom stereocenters. The van der Waals surface area contributed by atoms with Crippen LogP contribution in [0.3, 0.4) is 0 Å². The van der Waals surface area contributed by atoms with Crippen molar-refractivity contribution >= 4 is 45.0 Å². The molecule has 1 aliphatic rings. The summed E-state index contributed by atoms with van der Waals surface area (Å²) < 4.78 is 3.18. The molecule has 2 heterocycles. The highest BCUT2D eigenvalue weighted by Crippen LogP contribution is 2.28. The summed E-state index contributed by atoms with van der Waals surface area (Å²) in [4.78, 5) is 15.8. The molecular formula is C22H24IN3O. The van der Waals surface area contributed by atoms with Crippen LogP contribution in [0.4, 0.5) is 5.69 Å². The number of rotatable bonds is 4. The Kier molecular flexibility index (Phi) is 5.23. The number of fused-ring (bicyclic) bond motifs is 1. The molecule has 1 aromatic heterocycles. The topological polar surface area (TPSA) is 51.3 Å². The van der Waals surface area contributed by atoms with E-state index in [0.29, 0.717) is 17.3 Å². The minimum absolute atomic E-state index is 0.0404. The Hall–Kier alpha value is -1.86. The number of nitrogens with zero attached hydrogens (tertiary/aromatic N) is 2. The Labute approximate surface area is 173 Å².